The molecule has 3 aromatic carbocycles. The van der Waals surface area contributed by atoms with Gasteiger partial charge in [-0.1, -0.05) is 42.5 Å². The molecule has 37 heavy (non-hydrogen) atoms. The molecule has 0 aliphatic heterocycles. The fourth-order valence-electron chi connectivity index (χ4n) is 4.09. The summed E-state index contributed by atoms with van der Waals surface area (Å²) in [6.45, 7) is -0.388. The zero-order valence-electron chi connectivity index (χ0n) is 19.7. The van der Waals surface area contributed by atoms with Gasteiger partial charge in [0.25, 0.3) is 0 Å². The van der Waals surface area contributed by atoms with Gasteiger partial charge in [-0.05, 0) is 29.8 Å². The minimum atomic E-state index is -1.49. The first-order chi connectivity index (χ1) is 17.9. The molecule has 1 N–H and O–H groups in total. The summed E-state index contributed by atoms with van der Waals surface area (Å²) in [5.74, 6) is -1.12. The van der Waals surface area contributed by atoms with Gasteiger partial charge in [0.15, 0.2) is 11.9 Å². The average molecular weight is 506 g/mol. The van der Waals surface area contributed by atoms with Crippen molar-refractivity contribution in [2.75, 3.05) is 12.4 Å². The predicted molar refractivity (Wildman–Crippen MR) is 134 cm³/mol. The number of methoxy groups -OCH3 is 1. The lowest BCUT2D eigenvalue weighted by atomic mass is 10.1. The van der Waals surface area contributed by atoms with Gasteiger partial charge in [0.05, 0.1) is 25.5 Å². The van der Waals surface area contributed by atoms with E-state index in [1.165, 1.54) is 28.5 Å². The van der Waals surface area contributed by atoms with E-state index in [1.807, 2.05) is 18.2 Å². The Balaban J connectivity index is 1.60. The van der Waals surface area contributed by atoms with Gasteiger partial charge in [0, 0.05) is 18.1 Å². The van der Waals surface area contributed by atoms with Crippen LogP contribution in [0.1, 0.15) is 11.1 Å². The number of aromatic nitrogens is 4. The normalized spacial score (nSPS) is 12.0. The molecule has 0 fully saturated rings. The number of benzene rings is 3. The van der Waals surface area contributed by atoms with Crippen LogP contribution in [0, 0.1) is 11.6 Å². The third-order valence-corrected chi connectivity index (χ3v) is 5.91. The van der Waals surface area contributed by atoms with Crippen molar-refractivity contribution in [2.45, 2.75) is 19.3 Å². The molecule has 5 aromatic rings. The number of anilines is 1. The number of nitrogens with one attached hydrogen (secondary N) is 1. The molecule has 1 unspecified atom stereocenters. The number of imidazole rings is 1. The Morgan fingerprint density at radius 2 is 1.73 bits per heavy atom. The molecule has 0 spiro atoms. The fraction of sp³-hybridized carbons (Fsp3) is 0.148. The van der Waals surface area contributed by atoms with Crippen LogP contribution < -0.4 is 15.7 Å². The Morgan fingerprint density at radius 3 is 2.46 bits per heavy atom. The van der Waals surface area contributed by atoms with E-state index in [9.17, 15) is 18.0 Å². The molecule has 1 atom stereocenters. The van der Waals surface area contributed by atoms with Gasteiger partial charge < -0.3 is 10.1 Å². The third-order valence-electron chi connectivity index (χ3n) is 5.91. The second kappa shape index (κ2) is 10.2. The monoisotopic (exact) mass is 505 g/mol. The fourth-order valence-corrected chi connectivity index (χ4v) is 4.09. The van der Waals surface area contributed by atoms with E-state index in [0.717, 1.165) is 17.7 Å². The molecule has 0 saturated carbocycles. The van der Waals surface area contributed by atoms with Crippen LogP contribution in [0.4, 0.5) is 19.1 Å². The molecular formula is C27H22F3N5O2. The van der Waals surface area contributed by atoms with E-state index in [0.29, 0.717) is 11.4 Å². The summed E-state index contributed by atoms with van der Waals surface area (Å²) >= 11 is 0. The van der Waals surface area contributed by atoms with Crippen LogP contribution in [0.3, 0.4) is 0 Å². The zero-order chi connectivity index (χ0) is 25.9. The zero-order valence-corrected chi connectivity index (χ0v) is 19.7. The summed E-state index contributed by atoms with van der Waals surface area (Å²) in [5.41, 5.74) is 0.684. The molecule has 0 amide bonds. The lowest BCUT2D eigenvalue weighted by Crippen LogP contribution is -2.24. The molecule has 2 heterocycles. The summed E-state index contributed by atoms with van der Waals surface area (Å²) in [6, 6.07) is 19.3. The van der Waals surface area contributed by atoms with Gasteiger partial charge >= 0.3 is 5.69 Å². The van der Waals surface area contributed by atoms with Gasteiger partial charge in [-0.2, -0.15) is 4.98 Å². The summed E-state index contributed by atoms with van der Waals surface area (Å²) < 4.78 is 51.4. The van der Waals surface area contributed by atoms with Crippen LogP contribution in [0.15, 0.2) is 83.8 Å². The third kappa shape index (κ3) is 4.90. The Bertz CT molecular complexity index is 1600. The number of hydrogen-bond acceptors (Lipinski definition) is 5. The SMILES string of the molecule is COc1cccc(-n2c(=O)n(Cc3c(F)cccc3F)c3cnc(NC(F)Cc4ccccc4)nc32)c1. The highest BCUT2D eigenvalue weighted by Crippen LogP contribution is 2.23. The maximum absolute atomic E-state index is 14.8. The molecule has 5 rings (SSSR count). The predicted octanol–water partition coefficient (Wildman–Crippen LogP) is 4.87. The molecule has 0 bridgehead atoms. The lowest BCUT2D eigenvalue weighted by Gasteiger charge is -2.11. The summed E-state index contributed by atoms with van der Waals surface area (Å²) in [4.78, 5) is 22.1. The highest BCUT2D eigenvalue weighted by Gasteiger charge is 2.21. The molecule has 0 saturated heterocycles. The Morgan fingerprint density at radius 1 is 1.00 bits per heavy atom. The molecule has 10 heteroatoms. The van der Waals surface area contributed by atoms with Crippen molar-refractivity contribution in [2.24, 2.45) is 0 Å². The van der Waals surface area contributed by atoms with Crippen LogP contribution in [0.2, 0.25) is 0 Å². The number of fused-ring (bicyclic) bond motifs is 1. The minimum absolute atomic E-state index is 0.0400. The number of ether oxygens (including phenoxy) is 1. The number of halogens is 3. The van der Waals surface area contributed by atoms with Crippen molar-refractivity contribution in [3.63, 3.8) is 0 Å². The Hall–Kier alpha value is -4.60. The maximum Gasteiger partial charge on any atom is 0.335 e. The summed E-state index contributed by atoms with van der Waals surface area (Å²) in [6.07, 6.45) is -0.0821. The molecule has 2 aromatic heterocycles. The Kier molecular flexibility index (Phi) is 6.63. The first-order valence-electron chi connectivity index (χ1n) is 11.4. The van der Waals surface area contributed by atoms with Crippen molar-refractivity contribution in [3.8, 4) is 11.4 Å². The topological polar surface area (TPSA) is 74.0 Å². The van der Waals surface area contributed by atoms with Crippen molar-refractivity contribution in [1.29, 1.82) is 0 Å². The highest BCUT2D eigenvalue weighted by molar-refractivity contribution is 5.74. The quantitative estimate of drug-likeness (QED) is 0.305. The molecule has 0 aliphatic rings. The van der Waals surface area contributed by atoms with E-state index in [4.69, 9.17) is 4.74 Å². The van der Waals surface area contributed by atoms with Crippen LogP contribution >= 0.6 is 0 Å². The first-order valence-corrected chi connectivity index (χ1v) is 11.4. The van der Waals surface area contributed by atoms with Crippen molar-refractivity contribution in [3.05, 3.63) is 112 Å². The summed E-state index contributed by atoms with van der Waals surface area (Å²) in [5, 5.41) is 2.62. The lowest BCUT2D eigenvalue weighted by molar-refractivity contribution is 0.369. The number of rotatable bonds is 8. The van der Waals surface area contributed by atoms with E-state index < -0.39 is 23.6 Å². The van der Waals surface area contributed by atoms with Crippen LogP contribution in [0.5, 0.6) is 5.75 Å². The largest absolute Gasteiger partial charge is 0.497 e. The van der Waals surface area contributed by atoms with E-state index in [-0.39, 0.29) is 35.6 Å². The number of nitrogens with zero attached hydrogens (tertiary/aromatic N) is 4. The van der Waals surface area contributed by atoms with Gasteiger partial charge in [0.1, 0.15) is 22.9 Å². The molecule has 0 radical (unpaired) electrons. The maximum atomic E-state index is 14.8. The van der Waals surface area contributed by atoms with E-state index in [2.05, 4.69) is 15.3 Å². The standard InChI is InChI=1S/C27H22F3N5O2/c1-37-19-10-5-9-18(14-19)35-25-23(34(27(35)36)16-20-21(28)11-6-12-22(20)29)15-31-26(33-25)32-24(30)13-17-7-3-2-4-8-17/h2-12,14-15,24H,13,16H2,1H3,(H,31,32,33). The van der Waals surface area contributed by atoms with Crippen molar-refractivity contribution >= 4 is 17.1 Å². The van der Waals surface area contributed by atoms with Crippen LogP contribution in [-0.4, -0.2) is 32.5 Å². The van der Waals surface area contributed by atoms with Crippen LogP contribution in [0.25, 0.3) is 16.9 Å². The smallest absolute Gasteiger partial charge is 0.335 e. The molecule has 0 aliphatic carbocycles. The molecule has 188 valence electrons. The summed E-state index contributed by atoms with van der Waals surface area (Å²) in [7, 11) is 1.49. The van der Waals surface area contributed by atoms with Crippen molar-refractivity contribution < 1.29 is 17.9 Å². The van der Waals surface area contributed by atoms with Gasteiger partial charge in [-0.15, -0.1) is 0 Å². The first kappa shape index (κ1) is 24.1. The number of hydrogen-bond donors (Lipinski definition) is 1. The highest BCUT2D eigenvalue weighted by atomic mass is 19.1. The number of alkyl halides is 1. The minimum Gasteiger partial charge on any atom is -0.497 e. The van der Waals surface area contributed by atoms with Gasteiger partial charge in [-0.3, -0.25) is 4.57 Å². The van der Waals surface area contributed by atoms with Gasteiger partial charge in [0.2, 0.25) is 5.95 Å². The van der Waals surface area contributed by atoms with Crippen LogP contribution in [-0.2, 0) is 13.0 Å². The molecule has 7 nitrogen and oxygen atoms in total. The van der Waals surface area contributed by atoms with Crippen molar-refractivity contribution in [1.82, 2.24) is 19.1 Å². The molecular weight excluding hydrogens is 483 g/mol. The second-order valence-electron chi connectivity index (χ2n) is 8.31. The van der Waals surface area contributed by atoms with Gasteiger partial charge in [-0.25, -0.2) is 27.5 Å². The average Bonchev–Trinajstić information content (AvgIpc) is 3.17. The second-order valence-corrected chi connectivity index (χ2v) is 8.31. The van der Waals surface area contributed by atoms with E-state index >= 15 is 0 Å². The van der Waals surface area contributed by atoms with E-state index in [1.54, 1.807) is 36.4 Å². The Labute approximate surface area is 209 Å².